The first-order valence-electron chi connectivity index (χ1n) is 14.4. The number of hydrogen-bond donors (Lipinski definition) is 1. The highest BCUT2D eigenvalue weighted by Gasteiger charge is 2.38. The number of amides is 1. The van der Waals surface area contributed by atoms with E-state index in [1.165, 1.54) is 18.3 Å². The van der Waals surface area contributed by atoms with E-state index < -0.39 is 10.0 Å². The van der Waals surface area contributed by atoms with Crippen LogP contribution in [0.15, 0.2) is 36.7 Å². The first kappa shape index (κ1) is 28.0. The molecule has 0 spiro atoms. The predicted molar refractivity (Wildman–Crippen MR) is 153 cm³/mol. The Hall–Kier alpha value is -2.56. The van der Waals surface area contributed by atoms with Crippen molar-refractivity contribution in [3.63, 3.8) is 0 Å². The van der Waals surface area contributed by atoms with Crippen molar-refractivity contribution in [1.82, 2.24) is 24.1 Å². The van der Waals surface area contributed by atoms with Gasteiger partial charge in [0.2, 0.25) is 10.0 Å². The number of hydrogen-bond acceptors (Lipinski definition) is 7. The SMILES string of the molecule is CCS(=O)(=O)N(C)C1CCN(C2CCN(C(=O)c3ncnc(NCC4CC4c4ccccc4)c3C)CC2)CC1. The number of nitrogens with one attached hydrogen (secondary N) is 1. The Morgan fingerprint density at radius 3 is 2.41 bits per heavy atom. The molecule has 1 aromatic carbocycles. The minimum atomic E-state index is -3.15. The number of nitrogens with zero attached hydrogens (tertiary/aromatic N) is 5. The van der Waals surface area contributed by atoms with E-state index in [9.17, 15) is 13.2 Å². The molecule has 9 nitrogen and oxygen atoms in total. The van der Waals surface area contributed by atoms with Gasteiger partial charge in [0.05, 0.1) is 5.75 Å². The fourth-order valence-electron chi connectivity index (χ4n) is 6.28. The van der Waals surface area contributed by atoms with E-state index in [1.54, 1.807) is 18.3 Å². The fraction of sp³-hybridized carbons (Fsp3) is 0.621. The maximum absolute atomic E-state index is 13.4. The van der Waals surface area contributed by atoms with Crippen molar-refractivity contribution in [2.24, 2.45) is 5.92 Å². The second-order valence-corrected chi connectivity index (χ2v) is 13.6. The van der Waals surface area contributed by atoms with E-state index in [2.05, 4.69) is 50.5 Å². The molecule has 1 aliphatic carbocycles. The summed E-state index contributed by atoms with van der Waals surface area (Å²) in [4.78, 5) is 26.6. The first-order valence-corrected chi connectivity index (χ1v) is 16.0. The van der Waals surface area contributed by atoms with Crippen molar-refractivity contribution in [2.45, 2.75) is 64.0 Å². The van der Waals surface area contributed by atoms with Gasteiger partial charge in [-0.2, -0.15) is 0 Å². The molecular formula is C29H42N6O3S. The lowest BCUT2D eigenvalue weighted by molar-refractivity contribution is 0.0542. The van der Waals surface area contributed by atoms with E-state index in [0.717, 1.165) is 56.7 Å². The largest absolute Gasteiger partial charge is 0.369 e. The van der Waals surface area contributed by atoms with Gasteiger partial charge >= 0.3 is 0 Å². The summed E-state index contributed by atoms with van der Waals surface area (Å²) >= 11 is 0. The minimum absolute atomic E-state index is 0.0184. The summed E-state index contributed by atoms with van der Waals surface area (Å²) in [7, 11) is -1.44. The molecule has 0 bridgehead atoms. The zero-order chi connectivity index (χ0) is 27.6. The quantitative estimate of drug-likeness (QED) is 0.508. The molecular weight excluding hydrogens is 512 g/mol. The molecule has 0 radical (unpaired) electrons. The van der Waals surface area contributed by atoms with Crippen LogP contribution >= 0.6 is 0 Å². The molecule has 2 unspecified atom stereocenters. The molecule has 3 heterocycles. The van der Waals surface area contributed by atoms with Crippen molar-refractivity contribution in [3.8, 4) is 0 Å². The number of sulfonamides is 1. The van der Waals surface area contributed by atoms with E-state index in [0.29, 0.717) is 36.7 Å². The monoisotopic (exact) mass is 554 g/mol. The summed E-state index contributed by atoms with van der Waals surface area (Å²) in [6.45, 7) is 7.70. The van der Waals surface area contributed by atoms with Crippen LogP contribution in [-0.2, 0) is 10.0 Å². The molecule has 3 aliphatic rings. The van der Waals surface area contributed by atoms with Gasteiger partial charge in [0.25, 0.3) is 5.91 Å². The van der Waals surface area contributed by atoms with Crippen LogP contribution in [0.2, 0.25) is 0 Å². The Kier molecular flexibility index (Phi) is 8.54. The molecule has 2 aliphatic heterocycles. The van der Waals surface area contributed by atoms with E-state index in [1.807, 2.05) is 11.8 Å². The van der Waals surface area contributed by atoms with Crippen molar-refractivity contribution in [2.75, 3.05) is 50.8 Å². The standard InChI is InChI=1S/C29H42N6O3S/c1-4-39(37,38)33(3)24-10-14-34(15-11-24)25-12-16-35(17-13-25)29(36)27-21(2)28(32-20-31-27)30-19-23-18-26(23)22-8-6-5-7-9-22/h5-9,20,23-26H,4,10-19H2,1-3H3,(H,30,31,32). The summed E-state index contributed by atoms with van der Waals surface area (Å²) in [5.41, 5.74) is 2.70. The van der Waals surface area contributed by atoms with Crippen LogP contribution in [0, 0.1) is 12.8 Å². The van der Waals surface area contributed by atoms with Crippen LogP contribution in [0.25, 0.3) is 0 Å². The van der Waals surface area contributed by atoms with Gasteiger partial charge in [0, 0.05) is 44.3 Å². The summed E-state index contributed by atoms with van der Waals surface area (Å²) in [5.74, 6) is 2.06. The Labute approximate surface area is 233 Å². The van der Waals surface area contributed by atoms with Gasteiger partial charge in [0.1, 0.15) is 17.8 Å². The van der Waals surface area contributed by atoms with E-state index in [-0.39, 0.29) is 17.7 Å². The summed E-state index contributed by atoms with van der Waals surface area (Å²) < 4.78 is 26.1. The maximum atomic E-state index is 13.4. The lowest BCUT2D eigenvalue weighted by atomic mass is 9.97. The van der Waals surface area contributed by atoms with Gasteiger partial charge in [-0.1, -0.05) is 30.3 Å². The van der Waals surface area contributed by atoms with Crippen LogP contribution in [-0.4, -0.2) is 96.0 Å². The van der Waals surface area contributed by atoms with Crippen molar-refractivity contribution in [3.05, 3.63) is 53.5 Å². The fourth-order valence-corrected chi connectivity index (χ4v) is 7.35. The lowest BCUT2D eigenvalue weighted by Gasteiger charge is -2.43. The number of carbonyl (C=O) groups is 1. The average Bonchev–Trinajstić information content (AvgIpc) is 3.76. The molecule has 2 aromatic rings. The number of carbonyl (C=O) groups excluding carboxylic acids is 1. The molecule has 1 saturated carbocycles. The summed E-state index contributed by atoms with van der Waals surface area (Å²) in [6.07, 6.45) is 6.24. The topological polar surface area (TPSA) is 98.7 Å². The Morgan fingerprint density at radius 1 is 1.05 bits per heavy atom. The van der Waals surface area contributed by atoms with E-state index in [4.69, 9.17) is 0 Å². The predicted octanol–water partition coefficient (Wildman–Crippen LogP) is 3.35. The zero-order valence-corrected chi connectivity index (χ0v) is 24.2. The molecule has 3 fully saturated rings. The van der Waals surface area contributed by atoms with Crippen molar-refractivity contribution >= 4 is 21.7 Å². The van der Waals surface area contributed by atoms with Crippen LogP contribution in [0.1, 0.15) is 66.6 Å². The molecule has 5 rings (SSSR count). The smallest absolute Gasteiger partial charge is 0.272 e. The van der Waals surface area contributed by atoms with Gasteiger partial charge in [-0.25, -0.2) is 22.7 Å². The highest BCUT2D eigenvalue weighted by Crippen LogP contribution is 2.47. The Bertz CT molecular complexity index is 1240. The Balaban J connectivity index is 1.10. The highest BCUT2D eigenvalue weighted by atomic mass is 32.2. The molecule has 2 atom stereocenters. The lowest BCUT2D eigenvalue weighted by Crippen LogP contribution is -2.52. The van der Waals surface area contributed by atoms with Gasteiger partial charge < -0.3 is 15.1 Å². The molecule has 1 amide bonds. The second-order valence-electron chi connectivity index (χ2n) is 11.3. The molecule has 2 saturated heterocycles. The minimum Gasteiger partial charge on any atom is -0.369 e. The normalized spacial score (nSPS) is 23.2. The molecule has 10 heteroatoms. The Morgan fingerprint density at radius 2 is 1.74 bits per heavy atom. The third-order valence-corrected chi connectivity index (χ3v) is 11.0. The molecule has 1 aromatic heterocycles. The number of likely N-dealkylation sites (tertiary alicyclic amines) is 2. The van der Waals surface area contributed by atoms with Gasteiger partial charge in [-0.3, -0.25) is 4.79 Å². The third kappa shape index (κ3) is 6.28. The van der Waals surface area contributed by atoms with E-state index >= 15 is 0 Å². The number of aromatic nitrogens is 2. The second kappa shape index (κ2) is 11.9. The van der Waals surface area contributed by atoms with Gasteiger partial charge in [-0.15, -0.1) is 0 Å². The number of benzene rings is 1. The van der Waals surface area contributed by atoms with Gasteiger partial charge in [-0.05, 0) is 76.4 Å². The van der Waals surface area contributed by atoms with Crippen LogP contribution in [0.4, 0.5) is 5.82 Å². The third-order valence-electron chi connectivity index (χ3n) is 9.05. The zero-order valence-electron chi connectivity index (χ0n) is 23.4. The first-order chi connectivity index (χ1) is 18.8. The van der Waals surface area contributed by atoms with Crippen LogP contribution < -0.4 is 5.32 Å². The van der Waals surface area contributed by atoms with Gasteiger partial charge in [0.15, 0.2) is 0 Å². The molecule has 1 N–H and O–H groups in total. The summed E-state index contributed by atoms with van der Waals surface area (Å²) in [6, 6.07) is 11.1. The maximum Gasteiger partial charge on any atom is 0.272 e. The highest BCUT2D eigenvalue weighted by molar-refractivity contribution is 7.89. The van der Waals surface area contributed by atoms with Crippen LogP contribution in [0.5, 0.6) is 0 Å². The van der Waals surface area contributed by atoms with Crippen molar-refractivity contribution in [1.29, 1.82) is 0 Å². The summed E-state index contributed by atoms with van der Waals surface area (Å²) in [5, 5.41) is 3.48. The number of rotatable bonds is 9. The van der Waals surface area contributed by atoms with Crippen LogP contribution in [0.3, 0.4) is 0 Å². The molecule has 39 heavy (non-hydrogen) atoms. The average molecular weight is 555 g/mol. The van der Waals surface area contributed by atoms with Crippen molar-refractivity contribution < 1.29 is 13.2 Å². The molecule has 212 valence electrons. The number of anilines is 1. The number of piperidine rings is 2.